The first-order valence-corrected chi connectivity index (χ1v) is 8.80. The minimum Gasteiger partial charge on any atom is -0.337 e. The lowest BCUT2D eigenvalue weighted by Crippen LogP contribution is -2.50. The van der Waals surface area contributed by atoms with Crippen molar-refractivity contribution in [2.24, 2.45) is 0 Å². The van der Waals surface area contributed by atoms with Crippen LogP contribution < -0.4 is 0 Å². The SMILES string of the molecule is C[C@H](c1ccc(F)cc1)N(C)C(=O)[C@H]1CS[C@@]2(C)CCC(=O)N12. The second kappa shape index (κ2) is 5.82. The predicted octanol–water partition coefficient (Wildman–Crippen LogP) is 2.80. The number of likely N-dealkylation sites (N-methyl/N-ethyl adjacent to an activating group) is 1. The van der Waals surface area contributed by atoms with Gasteiger partial charge in [0.1, 0.15) is 11.9 Å². The van der Waals surface area contributed by atoms with Gasteiger partial charge < -0.3 is 9.80 Å². The van der Waals surface area contributed by atoms with Gasteiger partial charge in [0.25, 0.3) is 0 Å². The molecule has 2 saturated heterocycles. The van der Waals surface area contributed by atoms with Gasteiger partial charge in [-0.25, -0.2) is 4.39 Å². The van der Waals surface area contributed by atoms with Crippen molar-refractivity contribution in [1.82, 2.24) is 9.80 Å². The fourth-order valence-electron chi connectivity index (χ4n) is 3.39. The van der Waals surface area contributed by atoms with E-state index in [1.54, 1.807) is 40.7 Å². The Morgan fingerprint density at radius 3 is 2.74 bits per heavy atom. The molecule has 3 rings (SSSR count). The summed E-state index contributed by atoms with van der Waals surface area (Å²) in [6.45, 7) is 3.96. The van der Waals surface area contributed by atoms with Crippen LogP contribution >= 0.6 is 11.8 Å². The maximum Gasteiger partial charge on any atom is 0.246 e. The van der Waals surface area contributed by atoms with Crippen molar-refractivity contribution in [3.8, 4) is 0 Å². The highest BCUT2D eigenvalue weighted by Gasteiger charge is 2.53. The summed E-state index contributed by atoms with van der Waals surface area (Å²) in [4.78, 5) is 28.3. The summed E-state index contributed by atoms with van der Waals surface area (Å²) in [7, 11) is 1.75. The minimum absolute atomic E-state index is 0.0479. The zero-order valence-corrected chi connectivity index (χ0v) is 14.4. The Kier molecular flexibility index (Phi) is 4.12. The van der Waals surface area contributed by atoms with E-state index in [9.17, 15) is 14.0 Å². The molecular weight excluding hydrogens is 315 g/mol. The summed E-state index contributed by atoms with van der Waals surface area (Å²) < 4.78 is 13.1. The van der Waals surface area contributed by atoms with Crippen molar-refractivity contribution in [2.75, 3.05) is 12.8 Å². The van der Waals surface area contributed by atoms with Gasteiger partial charge in [0.05, 0.1) is 10.9 Å². The highest BCUT2D eigenvalue weighted by molar-refractivity contribution is 8.01. The first-order chi connectivity index (χ1) is 10.8. The third kappa shape index (κ3) is 2.73. The minimum atomic E-state index is -0.395. The van der Waals surface area contributed by atoms with Crippen LogP contribution in [0.1, 0.15) is 38.3 Å². The third-order valence-corrected chi connectivity index (χ3v) is 6.52. The summed E-state index contributed by atoms with van der Waals surface area (Å²) in [6.07, 6.45) is 1.32. The lowest BCUT2D eigenvalue weighted by Gasteiger charge is -2.34. The van der Waals surface area contributed by atoms with Gasteiger partial charge in [-0.1, -0.05) is 12.1 Å². The molecule has 124 valence electrons. The summed E-state index contributed by atoms with van der Waals surface area (Å²) >= 11 is 1.69. The largest absolute Gasteiger partial charge is 0.337 e. The Hall–Kier alpha value is -1.56. The molecule has 4 nitrogen and oxygen atoms in total. The van der Waals surface area contributed by atoms with Gasteiger partial charge in [-0.3, -0.25) is 9.59 Å². The van der Waals surface area contributed by atoms with E-state index in [1.807, 2.05) is 13.8 Å². The Labute approximate surface area is 140 Å². The second-order valence-electron chi connectivity index (χ2n) is 6.44. The molecule has 2 aliphatic heterocycles. The first kappa shape index (κ1) is 16.3. The van der Waals surface area contributed by atoms with E-state index in [0.717, 1.165) is 12.0 Å². The topological polar surface area (TPSA) is 40.6 Å². The average Bonchev–Trinajstić information content (AvgIpc) is 3.02. The first-order valence-electron chi connectivity index (χ1n) is 7.82. The standard InChI is InChI=1S/C17H21FN2O2S/c1-11(12-4-6-13(18)7-5-12)19(3)16(22)14-10-23-17(2)9-8-15(21)20(14)17/h4-7,11,14H,8-10H2,1-3H3/t11-,14-,17+/m1/s1. The van der Waals surface area contributed by atoms with Crippen LogP contribution in [0.4, 0.5) is 4.39 Å². The van der Waals surface area contributed by atoms with Crippen LogP contribution in [0.3, 0.4) is 0 Å². The molecule has 2 heterocycles. The molecule has 2 amide bonds. The van der Waals surface area contributed by atoms with Crippen LogP contribution in [0.25, 0.3) is 0 Å². The van der Waals surface area contributed by atoms with E-state index in [4.69, 9.17) is 0 Å². The van der Waals surface area contributed by atoms with E-state index in [2.05, 4.69) is 0 Å². The molecule has 23 heavy (non-hydrogen) atoms. The lowest BCUT2D eigenvalue weighted by molar-refractivity contribution is -0.144. The van der Waals surface area contributed by atoms with Gasteiger partial charge in [0.15, 0.2) is 0 Å². The molecule has 0 bridgehead atoms. The van der Waals surface area contributed by atoms with E-state index in [1.165, 1.54) is 12.1 Å². The van der Waals surface area contributed by atoms with Crippen molar-refractivity contribution in [3.05, 3.63) is 35.6 Å². The fraction of sp³-hybridized carbons (Fsp3) is 0.529. The molecule has 6 heteroatoms. The molecule has 1 aromatic rings. The van der Waals surface area contributed by atoms with Gasteiger partial charge in [-0.15, -0.1) is 11.8 Å². The highest BCUT2D eigenvalue weighted by atomic mass is 32.2. The van der Waals surface area contributed by atoms with E-state index in [0.29, 0.717) is 12.2 Å². The lowest BCUT2D eigenvalue weighted by atomic mass is 10.1. The normalized spacial score (nSPS) is 27.9. The van der Waals surface area contributed by atoms with Gasteiger partial charge in [0.2, 0.25) is 11.8 Å². The van der Waals surface area contributed by atoms with E-state index in [-0.39, 0.29) is 28.5 Å². The van der Waals surface area contributed by atoms with Crippen LogP contribution in [-0.4, -0.2) is 45.3 Å². The Bertz CT molecular complexity index is 636. The predicted molar refractivity (Wildman–Crippen MR) is 88.3 cm³/mol. The molecule has 0 N–H and O–H groups in total. The molecule has 0 aromatic heterocycles. The molecule has 0 saturated carbocycles. The number of nitrogens with zero attached hydrogens (tertiary/aromatic N) is 2. The summed E-state index contributed by atoms with van der Waals surface area (Å²) in [5.41, 5.74) is 0.878. The quantitative estimate of drug-likeness (QED) is 0.852. The van der Waals surface area contributed by atoms with Crippen LogP contribution in [-0.2, 0) is 9.59 Å². The van der Waals surface area contributed by atoms with Gasteiger partial charge >= 0.3 is 0 Å². The molecule has 2 fully saturated rings. The smallest absolute Gasteiger partial charge is 0.246 e. The number of halogens is 1. The number of benzene rings is 1. The highest BCUT2D eigenvalue weighted by Crippen LogP contribution is 2.47. The third-order valence-electron chi connectivity index (χ3n) is 5.01. The molecule has 0 spiro atoms. The van der Waals surface area contributed by atoms with Crippen molar-refractivity contribution >= 4 is 23.6 Å². The summed E-state index contributed by atoms with van der Waals surface area (Å²) in [5, 5.41) is 0. The number of carbonyl (C=O) groups excluding carboxylic acids is 2. The van der Waals surface area contributed by atoms with Crippen molar-refractivity contribution < 1.29 is 14.0 Å². The molecule has 0 radical (unpaired) electrons. The Morgan fingerprint density at radius 2 is 2.09 bits per heavy atom. The van der Waals surface area contributed by atoms with E-state index >= 15 is 0 Å². The number of fused-ring (bicyclic) bond motifs is 1. The van der Waals surface area contributed by atoms with Crippen LogP contribution in [0.2, 0.25) is 0 Å². The molecule has 3 atom stereocenters. The number of carbonyl (C=O) groups is 2. The summed E-state index contributed by atoms with van der Waals surface area (Å²) in [6, 6.07) is 5.62. The average molecular weight is 336 g/mol. The van der Waals surface area contributed by atoms with Crippen molar-refractivity contribution in [2.45, 2.75) is 43.6 Å². The fourth-order valence-corrected chi connectivity index (χ4v) is 4.82. The number of rotatable bonds is 3. The van der Waals surface area contributed by atoms with Crippen LogP contribution in [0.5, 0.6) is 0 Å². The molecule has 0 unspecified atom stereocenters. The van der Waals surface area contributed by atoms with Crippen molar-refractivity contribution in [1.29, 1.82) is 0 Å². The molecule has 2 aliphatic rings. The zero-order valence-electron chi connectivity index (χ0n) is 13.6. The number of amides is 2. The molecular formula is C17H21FN2O2S. The molecule has 1 aromatic carbocycles. The van der Waals surface area contributed by atoms with Gasteiger partial charge in [0, 0.05) is 19.2 Å². The molecule has 0 aliphatic carbocycles. The van der Waals surface area contributed by atoms with Crippen LogP contribution in [0, 0.1) is 5.82 Å². The number of thioether (sulfide) groups is 1. The number of hydrogen-bond donors (Lipinski definition) is 0. The van der Waals surface area contributed by atoms with Gasteiger partial charge in [-0.05, 0) is 38.0 Å². The maximum absolute atomic E-state index is 13.1. The maximum atomic E-state index is 13.1. The van der Waals surface area contributed by atoms with Gasteiger partial charge in [-0.2, -0.15) is 0 Å². The van der Waals surface area contributed by atoms with Crippen LogP contribution in [0.15, 0.2) is 24.3 Å². The Balaban J connectivity index is 1.77. The Morgan fingerprint density at radius 1 is 1.43 bits per heavy atom. The van der Waals surface area contributed by atoms with Crippen molar-refractivity contribution in [3.63, 3.8) is 0 Å². The second-order valence-corrected chi connectivity index (χ2v) is 7.94. The number of hydrogen-bond acceptors (Lipinski definition) is 3. The summed E-state index contributed by atoms with van der Waals surface area (Å²) in [5.74, 6) is 0.370. The zero-order chi connectivity index (χ0) is 16.8. The van der Waals surface area contributed by atoms with E-state index < -0.39 is 6.04 Å². The monoisotopic (exact) mass is 336 g/mol.